The molecule has 106 valence electrons. The summed E-state index contributed by atoms with van der Waals surface area (Å²) in [6.45, 7) is 5.56. The molecule has 0 unspecified atom stereocenters. The van der Waals surface area contributed by atoms with Crippen LogP contribution in [0, 0.1) is 5.41 Å². The van der Waals surface area contributed by atoms with Crippen LogP contribution in [0.2, 0.25) is 0 Å². The third kappa shape index (κ3) is 3.30. The average molecular weight is 268 g/mol. The summed E-state index contributed by atoms with van der Waals surface area (Å²) in [6, 6.07) is 0. The van der Waals surface area contributed by atoms with E-state index < -0.39 is 17.3 Å². The van der Waals surface area contributed by atoms with Crippen molar-refractivity contribution in [2.24, 2.45) is 5.41 Å². The van der Waals surface area contributed by atoms with Gasteiger partial charge < -0.3 is 10.4 Å². The largest absolute Gasteiger partial charge is 0.481 e. The average Bonchev–Trinajstić information content (AvgIpc) is 2.88. The highest BCUT2D eigenvalue weighted by Crippen LogP contribution is 2.25. The molecule has 0 spiro atoms. The van der Waals surface area contributed by atoms with Crippen LogP contribution >= 0.6 is 0 Å². The van der Waals surface area contributed by atoms with E-state index in [9.17, 15) is 14.7 Å². The van der Waals surface area contributed by atoms with E-state index in [4.69, 9.17) is 0 Å². The van der Waals surface area contributed by atoms with Crippen molar-refractivity contribution >= 4 is 11.9 Å². The minimum Gasteiger partial charge on any atom is -0.481 e. The van der Waals surface area contributed by atoms with Crippen LogP contribution in [-0.4, -0.2) is 38.7 Å². The summed E-state index contributed by atoms with van der Waals surface area (Å²) in [7, 11) is 0. The Morgan fingerprint density at radius 1 is 1.32 bits per heavy atom. The van der Waals surface area contributed by atoms with Crippen LogP contribution in [0.15, 0.2) is 0 Å². The number of hydrogen-bond acceptors (Lipinski definition) is 4. The molecule has 1 aromatic rings. The van der Waals surface area contributed by atoms with Crippen molar-refractivity contribution in [3.63, 3.8) is 0 Å². The molecule has 1 heterocycles. The van der Waals surface area contributed by atoms with Crippen LogP contribution in [0.25, 0.3) is 0 Å². The lowest BCUT2D eigenvalue weighted by molar-refractivity contribution is -0.149. The Bertz CT molecular complexity index is 452. The number of amides is 1. The number of carboxylic acids is 1. The summed E-state index contributed by atoms with van der Waals surface area (Å²) in [4.78, 5) is 27.1. The van der Waals surface area contributed by atoms with E-state index in [2.05, 4.69) is 20.5 Å². The third-order valence-corrected chi connectivity index (χ3v) is 3.46. The summed E-state index contributed by atoms with van der Waals surface area (Å²) in [5.74, 6) is -0.686. The van der Waals surface area contributed by atoms with Gasteiger partial charge in [-0.15, -0.1) is 5.10 Å². The van der Waals surface area contributed by atoms with Gasteiger partial charge in [-0.1, -0.05) is 20.8 Å². The Hall–Kier alpha value is -1.92. The van der Waals surface area contributed by atoms with Gasteiger partial charge in [0.2, 0.25) is 5.82 Å². The van der Waals surface area contributed by atoms with Crippen molar-refractivity contribution < 1.29 is 14.7 Å². The van der Waals surface area contributed by atoms with Crippen LogP contribution in [0.1, 0.15) is 50.1 Å². The second kappa shape index (κ2) is 6.31. The van der Waals surface area contributed by atoms with E-state index >= 15 is 0 Å². The Balaban J connectivity index is 2.69. The van der Waals surface area contributed by atoms with Crippen molar-refractivity contribution in [1.29, 1.82) is 0 Å². The first-order valence-electron chi connectivity index (χ1n) is 6.42. The molecule has 7 heteroatoms. The number of H-pyrrole nitrogens is 1. The van der Waals surface area contributed by atoms with Crippen molar-refractivity contribution in [2.45, 2.75) is 40.0 Å². The molecular weight excluding hydrogens is 248 g/mol. The monoisotopic (exact) mass is 268 g/mol. The van der Waals surface area contributed by atoms with Crippen LogP contribution in [0.3, 0.4) is 0 Å². The molecule has 0 aromatic carbocycles. The first-order chi connectivity index (χ1) is 8.99. The first-order valence-corrected chi connectivity index (χ1v) is 6.42. The number of aromatic amines is 1. The quantitative estimate of drug-likeness (QED) is 0.683. The normalized spacial score (nSPS) is 11.3. The number of nitrogens with one attached hydrogen (secondary N) is 2. The zero-order valence-corrected chi connectivity index (χ0v) is 11.5. The second-order valence-electron chi connectivity index (χ2n) is 4.43. The zero-order valence-electron chi connectivity index (χ0n) is 11.5. The van der Waals surface area contributed by atoms with Crippen LogP contribution < -0.4 is 5.32 Å². The molecule has 0 aliphatic heterocycles. The number of aromatic nitrogens is 3. The predicted octanol–water partition coefficient (Wildman–Crippen LogP) is 0.988. The Morgan fingerprint density at radius 2 is 1.95 bits per heavy atom. The van der Waals surface area contributed by atoms with E-state index in [1.165, 1.54) is 0 Å². The fraction of sp³-hybridized carbons (Fsp3) is 0.667. The Labute approximate surface area is 111 Å². The fourth-order valence-electron chi connectivity index (χ4n) is 1.76. The lowest BCUT2D eigenvalue weighted by atomic mass is 9.82. The fourth-order valence-corrected chi connectivity index (χ4v) is 1.76. The number of aliphatic carboxylic acids is 1. The second-order valence-corrected chi connectivity index (χ2v) is 4.43. The van der Waals surface area contributed by atoms with Crippen molar-refractivity contribution in [3.8, 4) is 0 Å². The standard InChI is InChI=1S/C12H20N4O3/c1-4-8-14-9(16-15-8)10(17)13-7-12(5-2,6-3)11(18)19/h4-7H2,1-3H3,(H,13,17)(H,18,19)(H,14,15,16). The third-order valence-electron chi connectivity index (χ3n) is 3.46. The molecule has 0 radical (unpaired) electrons. The van der Waals surface area contributed by atoms with Gasteiger partial charge in [0.25, 0.3) is 5.91 Å². The van der Waals surface area contributed by atoms with Gasteiger partial charge in [0.05, 0.1) is 5.41 Å². The number of hydrogen-bond donors (Lipinski definition) is 3. The minimum atomic E-state index is -0.931. The Kier molecular flexibility index (Phi) is 5.02. The maximum absolute atomic E-state index is 11.8. The molecule has 1 rings (SSSR count). The van der Waals surface area contributed by atoms with Crippen LogP contribution in [0.4, 0.5) is 0 Å². The molecule has 0 aliphatic carbocycles. The maximum Gasteiger partial charge on any atom is 0.311 e. The predicted molar refractivity (Wildman–Crippen MR) is 68.7 cm³/mol. The summed E-state index contributed by atoms with van der Waals surface area (Å²) < 4.78 is 0. The molecule has 1 amide bonds. The Morgan fingerprint density at radius 3 is 2.37 bits per heavy atom. The van der Waals surface area contributed by atoms with Crippen LogP contribution in [-0.2, 0) is 11.2 Å². The lowest BCUT2D eigenvalue weighted by Crippen LogP contribution is -2.42. The number of aryl methyl sites for hydroxylation is 1. The topological polar surface area (TPSA) is 108 Å². The van der Waals surface area contributed by atoms with Gasteiger partial charge >= 0.3 is 5.97 Å². The van der Waals surface area contributed by atoms with E-state index in [1.807, 2.05) is 6.92 Å². The van der Waals surface area contributed by atoms with E-state index in [0.717, 1.165) is 0 Å². The van der Waals surface area contributed by atoms with E-state index in [1.54, 1.807) is 13.8 Å². The number of rotatable bonds is 7. The van der Waals surface area contributed by atoms with Gasteiger partial charge in [-0.2, -0.15) is 0 Å². The van der Waals surface area contributed by atoms with Gasteiger partial charge in [0.15, 0.2) is 0 Å². The molecular formula is C12H20N4O3. The summed E-state index contributed by atoms with van der Waals surface area (Å²) in [5.41, 5.74) is -0.931. The molecule has 0 saturated heterocycles. The summed E-state index contributed by atoms with van der Waals surface area (Å²) >= 11 is 0. The highest BCUT2D eigenvalue weighted by Gasteiger charge is 2.35. The van der Waals surface area contributed by atoms with Gasteiger partial charge in [0, 0.05) is 13.0 Å². The molecule has 0 aliphatic rings. The van der Waals surface area contributed by atoms with E-state index in [0.29, 0.717) is 25.1 Å². The first kappa shape index (κ1) is 15.1. The number of nitrogens with zero attached hydrogens (tertiary/aromatic N) is 2. The number of carbonyl (C=O) groups excluding carboxylic acids is 1. The molecule has 0 fully saturated rings. The molecule has 3 N–H and O–H groups in total. The van der Waals surface area contributed by atoms with Crippen molar-refractivity contribution in [1.82, 2.24) is 20.5 Å². The molecule has 1 aromatic heterocycles. The minimum absolute atomic E-state index is 0.0448. The SMILES string of the molecule is CCc1nc(C(=O)NCC(CC)(CC)C(=O)O)n[nH]1. The molecule has 0 saturated carbocycles. The lowest BCUT2D eigenvalue weighted by Gasteiger charge is -2.26. The number of carbonyl (C=O) groups is 2. The highest BCUT2D eigenvalue weighted by molar-refractivity contribution is 5.90. The highest BCUT2D eigenvalue weighted by atomic mass is 16.4. The van der Waals surface area contributed by atoms with Gasteiger partial charge in [-0.3, -0.25) is 14.7 Å². The molecule has 19 heavy (non-hydrogen) atoms. The van der Waals surface area contributed by atoms with Crippen molar-refractivity contribution in [2.75, 3.05) is 6.54 Å². The zero-order chi connectivity index (χ0) is 14.5. The van der Waals surface area contributed by atoms with Gasteiger partial charge in [0.1, 0.15) is 5.82 Å². The summed E-state index contributed by atoms with van der Waals surface area (Å²) in [5, 5.41) is 18.3. The summed E-state index contributed by atoms with van der Waals surface area (Å²) in [6.07, 6.45) is 1.56. The molecule has 0 bridgehead atoms. The molecule has 0 atom stereocenters. The van der Waals surface area contributed by atoms with Crippen LogP contribution in [0.5, 0.6) is 0 Å². The molecule has 7 nitrogen and oxygen atoms in total. The maximum atomic E-state index is 11.8. The van der Waals surface area contributed by atoms with Gasteiger partial charge in [-0.25, -0.2) is 4.98 Å². The van der Waals surface area contributed by atoms with E-state index in [-0.39, 0.29) is 12.4 Å². The smallest absolute Gasteiger partial charge is 0.311 e. The number of carboxylic acid groups (broad SMARTS) is 1. The van der Waals surface area contributed by atoms with Crippen molar-refractivity contribution in [3.05, 3.63) is 11.6 Å². The van der Waals surface area contributed by atoms with Gasteiger partial charge in [-0.05, 0) is 12.8 Å².